The Hall–Kier alpha value is -4.10. The lowest BCUT2D eigenvalue weighted by Gasteiger charge is -2.12. The van der Waals surface area contributed by atoms with Gasteiger partial charge in [-0.15, -0.1) is 11.8 Å². The van der Waals surface area contributed by atoms with Crippen LogP contribution in [0.15, 0.2) is 69.1 Å². The minimum atomic E-state index is -0.645. The molecule has 1 aromatic heterocycles. The zero-order chi connectivity index (χ0) is 24.0. The summed E-state index contributed by atoms with van der Waals surface area (Å²) in [5.41, 5.74) is 0.452. The molecule has 0 aliphatic rings. The number of anilines is 1. The first kappa shape index (κ1) is 23.6. The van der Waals surface area contributed by atoms with Crippen molar-refractivity contribution in [3.63, 3.8) is 0 Å². The molecule has 0 spiro atoms. The number of rotatable bonds is 7. The van der Waals surface area contributed by atoms with Crippen LogP contribution in [0.2, 0.25) is 0 Å². The molecule has 2 aromatic carbocycles. The van der Waals surface area contributed by atoms with Gasteiger partial charge in [0.2, 0.25) is 5.91 Å². The molecule has 1 heterocycles. The molecule has 3 aromatic rings. The van der Waals surface area contributed by atoms with Crippen molar-refractivity contribution in [1.82, 2.24) is 9.13 Å². The van der Waals surface area contributed by atoms with E-state index >= 15 is 0 Å². The van der Waals surface area contributed by atoms with E-state index in [1.165, 1.54) is 24.7 Å². The average molecular weight is 465 g/mol. The average Bonchev–Trinajstić information content (AvgIpc) is 2.83. The number of esters is 1. The van der Waals surface area contributed by atoms with Crippen LogP contribution in [0.1, 0.15) is 21.6 Å². The molecule has 9 nitrogen and oxygen atoms in total. The molecule has 168 valence electrons. The van der Waals surface area contributed by atoms with Crippen molar-refractivity contribution in [2.75, 3.05) is 11.1 Å². The fourth-order valence-electron chi connectivity index (χ4n) is 2.90. The summed E-state index contributed by atoms with van der Waals surface area (Å²) in [5.74, 6) is -0.911. The van der Waals surface area contributed by atoms with Gasteiger partial charge in [-0.1, -0.05) is 18.2 Å². The summed E-state index contributed by atoms with van der Waals surface area (Å²) in [6, 6.07) is 16.5. The molecule has 0 saturated carbocycles. The molecular formula is C23H20N4O5S. The lowest BCUT2D eigenvalue weighted by Crippen LogP contribution is -2.38. The highest BCUT2D eigenvalue weighted by Gasteiger charge is 2.16. The van der Waals surface area contributed by atoms with E-state index in [1.54, 1.807) is 48.5 Å². The lowest BCUT2D eigenvalue weighted by molar-refractivity contribution is -0.113. The number of aromatic nitrogens is 2. The lowest BCUT2D eigenvalue weighted by atomic mass is 10.2. The molecule has 33 heavy (non-hydrogen) atoms. The van der Waals surface area contributed by atoms with Gasteiger partial charge in [0.1, 0.15) is 6.61 Å². The Kier molecular flexibility index (Phi) is 7.48. The molecule has 0 bridgehead atoms. The largest absolute Gasteiger partial charge is 0.456 e. The highest BCUT2D eigenvalue weighted by atomic mass is 32.2. The van der Waals surface area contributed by atoms with Gasteiger partial charge in [0, 0.05) is 30.7 Å². The highest BCUT2D eigenvalue weighted by Crippen LogP contribution is 2.24. The first-order chi connectivity index (χ1) is 15.8. The maximum Gasteiger partial charge on any atom is 0.339 e. The number of amides is 1. The van der Waals surface area contributed by atoms with Crippen LogP contribution < -0.4 is 16.6 Å². The molecule has 1 amide bonds. The Labute approximate surface area is 193 Å². The van der Waals surface area contributed by atoms with Crippen LogP contribution in [-0.2, 0) is 30.2 Å². The molecule has 0 aliphatic carbocycles. The Morgan fingerprint density at radius 1 is 1.06 bits per heavy atom. The summed E-state index contributed by atoms with van der Waals surface area (Å²) in [7, 11) is 2.85. The minimum absolute atomic E-state index is 0.0320. The maximum atomic E-state index is 12.7. The second kappa shape index (κ2) is 10.5. The summed E-state index contributed by atoms with van der Waals surface area (Å²) in [6.07, 6.45) is 0. The summed E-state index contributed by atoms with van der Waals surface area (Å²) in [6.45, 7) is -0.255. The van der Waals surface area contributed by atoms with Gasteiger partial charge in [-0.05, 0) is 30.3 Å². The van der Waals surface area contributed by atoms with Crippen molar-refractivity contribution in [2.45, 2.75) is 11.5 Å². The molecule has 0 radical (unpaired) electrons. The second-order valence-corrected chi connectivity index (χ2v) is 7.99. The zero-order valence-corrected chi connectivity index (χ0v) is 18.7. The quantitative estimate of drug-likeness (QED) is 0.419. The minimum Gasteiger partial charge on any atom is -0.456 e. The van der Waals surface area contributed by atoms with Crippen molar-refractivity contribution in [3.8, 4) is 6.07 Å². The summed E-state index contributed by atoms with van der Waals surface area (Å²) < 4.78 is 7.52. The molecule has 10 heteroatoms. The van der Waals surface area contributed by atoms with E-state index < -0.39 is 17.2 Å². The van der Waals surface area contributed by atoms with Crippen molar-refractivity contribution >= 4 is 29.3 Å². The van der Waals surface area contributed by atoms with Crippen LogP contribution in [0.5, 0.6) is 0 Å². The Bertz CT molecular complexity index is 1370. The Morgan fingerprint density at radius 3 is 2.58 bits per heavy atom. The molecular weight excluding hydrogens is 444 g/mol. The fraction of sp³-hybridized carbons (Fsp3) is 0.174. The standard InChI is InChI=1S/C23H20N4O5S/c1-26-17(11-21(29)27(2)23(26)31)13-32-22(30)18-8-3-4-9-19(18)33-14-20(28)25-16-7-5-6-15(10-16)12-24/h3-11H,13-14H2,1-2H3,(H,25,28). The number of benzene rings is 2. The topological polar surface area (TPSA) is 123 Å². The number of carbonyl (C=O) groups is 2. The van der Waals surface area contributed by atoms with Crippen LogP contribution in [0, 0.1) is 11.3 Å². The van der Waals surface area contributed by atoms with E-state index in [0.29, 0.717) is 16.1 Å². The Balaban J connectivity index is 1.66. The first-order valence-corrected chi connectivity index (χ1v) is 10.7. The van der Waals surface area contributed by atoms with Gasteiger partial charge in [-0.25, -0.2) is 9.59 Å². The van der Waals surface area contributed by atoms with Gasteiger partial charge in [-0.2, -0.15) is 5.26 Å². The van der Waals surface area contributed by atoms with Crippen molar-refractivity contribution in [2.24, 2.45) is 14.1 Å². The third-order valence-electron chi connectivity index (χ3n) is 4.72. The van der Waals surface area contributed by atoms with E-state index in [2.05, 4.69) is 5.32 Å². The van der Waals surface area contributed by atoms with Crippen LogP contribution in [0.3, 0.4) is 0 Å². The Morgan fingerprint density at radius 2 is 1.82 bits per heavy atom. The fourth-order valence-corrected chi connectivity index (χ4v) is 3.74. The molecule has 0 aliphatic heterocycles. The molecule has 0 fully saturated rings. The monoisotopic (exact) mass is 464 g/mol. The number of thioether (sulfide) groups is 1. The summed E-state index contributed by atoms with van der Waals surface area (Å²) in [4.78, 5) is 49.4. The number of nitrogens with one attached hydrogen (secondary N) is 1. The van der Waals surface area contributed by atoms with Crippen molar-refractivity contribution < 1.29 is 14.3 Å². The number of hydrogen-bond donors (Lipinski definition) is 1. The number of carbonyl (C=O) groups excluding carboxylic acids is 2. The number of nitriles is 1. The number of ether oxygens (including phenoxy) is 1. The molecule has 1 N–H and O–H groups in total. The smallest absolute Gasteiger partial charge is 0.339 e. The van der Waals surface area contributed by atoms with E-state index in [1.807, 2.05) is 6.07 Å². The first-order valence-electron chi connectivity index (χ1n) is 9.75. The van der Waals surface area contributed by atoms with Crippen LogP contribution >= 0.6 is 11.8 Å². The summed E-state index contributed by atoms with van der Waals surface area (Å²) in [5, 5.41) is 11.7. The normalized spacial score (nSPS) is 10.3. The SMILES string of the molecule is Cn1c(COC(=O)c2ccccc2SCC(=O)Nc2cccc(C#N)c2)cc(=O)n(C)c1=O. The summed E-state index contributed by atoms with van der Waals surface area (Å²) >= 11 is 1.16. The van der Waals surface area contributed by atoms with Crippen LogP contribution in [0.4, 0.5) is 5.69 Å². The van der Waals surface area contributed by atoms with Gasteiger partial charge in [-0.3, -0.25) is 18.7 Å². The van der Waals surface area contributed by atoms with Crippen molar-refractivity contribution in [3.05, 3.63) is 92.3 Å². The third kappa shape index (κ3) is 5.78. The van der Waals surface area contributed by atoms with E-state index in [4.69, 9.17) is 10.00 Å². The maximum absolute atomic E-state index is 12.7. The van der Waals surface area contributed by atoms with Crippen LogP contribution in [0.25, 0.3) is 0 Å². The predicted octanol–water partition coefficient (Wildman–Crippen LogP) is 2.04. The molecule has 0 saturated heterocycles. The molecule has 0 atom stereocenters. The second-order valence-electron chi connectivity index (χ2n) is 6.98. The van der Waals surface area contributed by atoms with Gasteiger partial charge < -0.3 is 10.1 Å². The van der Waals surface area contributed by atoms with Crippen molar-refractivity contribution in [1.29, 1.82) is 5.26 Å². The third-order valence-corrected chi connectivity index (χ3v) is 5.79. The molecule has 0 unspecified atom stereocenters. The van der Waals surface area contributed by atoms with E-state index in [0.717, 1.165) is 16.3 Å². The highest BCUT2D eigenvalue weighted by molar-refractivity contribution is 8.00. The number of hydrogen-bond acceptors (Lipinski definition) is 7. The van der Waals surface area contributed by atoms with E-state index in [9.17, 15) is 19.2 Å². The molecule has 3 rings (SSSR count). The van der Waals surface area contributed by atoms with Gasteiger partial charge >= 0.3 is 11.7 Å². The van der Waals surface area contributed by atoms with Gasteiger partial charge in [0.05, 0.1) is 28.6 Å². The van der Waals surface area contributed by atoms with Crippen LogP contribution in [-0.4, -0.2) is 26.8 Å². The number of nitrogens with zero attached hydrogens (tertiary/aromatic N) is 3. The zero-order valence-electron chi connectivity index (χ0n) is 17.9. The van der Waals surface area contributed by atoms with Gasteiger partial charge in [0.25, 0.3) is 5.56 Å². The van der Waals surface area contributed by atoms with Gasteiger partial charge in [0.15, 0.2) is 0 Å². The van der Waals surface area contributed by atoms with E-state index in [-0.39, 0.29) is 29.5 Å². The predicted molar refractivity (Wildman–Crippen MR) is 123 cm³/mol.